The number of aryl methyl sites for hydroxylation is 1. The SMILES string of the molecule is CCc1ccc(-c2cc3c(cc2F)CC(CCC2CCC(CC)CC2)=CC3)c(F)c1F. The molecule has 0 bridgehead atoms. The van der Waals surface area contributed by atoms with Crippen molar-refractivity contribution in [3.8, 4) is 11.1 Å². The highest BCUT2D eigenvalue weighted by Gasteiger charge is 2.22. The standard InChI is InChI=1S/C28H33F3/c1-3-18-5-7-19(8-6-18)9-10-20-11-12-22-16-25(26(29)17-23(22)15-20)24-14-13-21(4-2)27(30)28(24)31/h11,13-14,16-19H,3-10,12,15H2,1-2H3. The molecule has 2 aliphatic rings. The van der Waals surface area contributed by atoms with Crippen LogP contribution in [0.1, 0.15) is 75.5 Å². The molecular weight excluding hydrogens is 393 g/mol. The molecule has 0 amide bonds. The van der Waals surface area contributed by atoms with Gasteiger partial charge in [-0.15, -0.1) is 0 Å². The Labute approximate surface area is 184 Å². The number of halogens is 3. The first kappa shape index (κ1) is 22.2. The number of fused-ring (bicyclic) bond motifs is 1. The molecule has 0 saturated heterocycles. The van der Waals surface area contributed by atoms with Crippen molar-refractivity contribution in [1.29, 1.82) is 0 Å². The van der Waals surface area contributed by atoms with E-state index in [-0.39, 0.29) is 11.1 Å². The van der Waals surface area contributed by atoms with Gasteiger partial charge in [0, 0.05) is 11.1 Å². The lowest BCUT2D eigenvalue weighted by Crippen LogP contribution is -2.14. The highest BCUT2D eigenvalue weighted by atomic mass is 19.2. The van der Waals surface area contributed by atoms with E-state index in [1.807, 2.05) is 0 Å². The molecule has 0 atom stereocenters. The monoisotopic (exact) mass is 426 g/mol. The minimum absolute atomic E-state index is 0.00691. The van der Waals surface area contributed by atoms with E-state index in [0.717, 1.165) is 42.2 Å². The summed E-state index contributed by atoms with van der Waals surface area (Å²) in [4.78, 5) is 0. The molecule has 0 radical (unpaired) electrons. The molecule has 1 saturated carbocycles. The molecule has 0 aromatic heterocycles. The second kappa shape index (κ2) is 9.63. The van der Waals surface area contributed by atoms with Crippen molar-refractivity contribution in [2.45, 2.75) is 78.1 Å². The Bertz CT molecular complexity index is 965. The highest BCUT2D eigenvalue weighted by molar-refractivity contribution is 5.67. The van der Waals surface area contributed by atoms with Gasteiger partial charge in [0.15, 0.2) is 11.6 Å². The third-order valence-corrected chi connectivity index (χ3v) is 7.57. The summed E-state index contributed by atoms with van der Waals surface area (Å²) in [5.74, 6) is -0.547. The predicted molar refractivity (Wildman–Crippen MR) is 122 cm³/mol. The van der Waals surface area contributed by atoms with E-state index in [1.54, 1.807) is 19.1 Å². The number of hydrogen-bond acceptors (Lipinski definition) is 0. The summed E-state index contributed by atoms with van der Waals surface area (Å²) >= 11 is 0. The molecule has 2 aromatic rings. The van der Waals surface area contributed by atoms with Crippen molar-refractivity contribution < 1.29 is 13.2 Å². The van der Waals surface area contributed by atoms with Crippen LogP contribution in [0.15, 0.2) is 35.9 Å². The maximum atomic E-state index is 14.9. The van der Waals surface area contributed by atoms with Gasteiger partial charge in [-0.05, 0) is 72.8 Å². The molecule has 4 rings (SSSR count). The maximum Gasteiger partial charge on any atom is 0.167 e. The van der Waals surface area contributed by atoms with Crippen LogP contribution in [0.4, 0.5) is 13.2 Å². The first-order valence-electron chi connectivity index (χ1n) is 12.0. The van der Waals surface area contributed by atoms with Gasteiger partial charge in [-0.1, -0.05) is 69.7 Å². The molecule has 0 spiro atoms. The Morgan fingerprint density at radius 2 is 1.58 bits per heavy atom. The number of allylic oxidation sites excluding steroid dienone is 2. The average molecular weight is 427 g/mol. The number of hydrogen-bond donors (Lipinski definition) is 0. The fourth-order valence-electron chi connectivity index (χ4n) is 5.37. The van der Waals surface area contributed by atoms with Gasteiger partial charge >= 0.3 is 0 Å². The summed E-state index contributed by atoms with van der Waals surface area (Å²) in [5, 5.41) is 0. The van der Waals surface area contributed by atoms with Crippen LogP contribution in [0.5, 0.6) is 0 Å². The van der Waals surface area contributed by atoms with Crippen LogP contribution in [0, 0.1) is 29.3 Å². The molecule has 3 heteroatoms. The van der Waals surface area contributed by atoms with Gasteiger partial charge < -0.3 is 0 Å². The largest absolute Gasteiger partial charge is 0.206 e. The Hall–Kier alpha value is -2.03. The molecule has 0 unspecified atom stereocenters. The van der Waals surface area contributed by atoms with Crippen LogP contribution >= 0.6 is 0 Å². The zero-order valence-electron chi connectivity index (χ0n) is 18.7. The van der Waals surface area contributed by atoms with E-state index in [0.29, 0.717) is 12.0 Å². The minimum atomic E-state index is -0.956. The Morgan fingerprint density at radius 1 is 0.839 bits per heavy atom. The minimum Gasteiger partial charge on any atom is -0.206 e. The molecule has 2 aliphatic carbocycles. The van der Waals surface area contributed by atoms with Gasteiger partial charge in [-0.2, -0.15) is 0 Å². The fraction of sp³-hybridized carbons (Fsp3) is 0.500. The Kier molecular flexibility index (Phi) is 6.89. The first-order valence-corrected chi connectivity index (χ1v) is 12.0. The van der Waals surface area contributed by atoms with Crippen LogP contribution < -0.4 is 0 Å². The zero-order chi connectivity index (χ0) is 22.0. The van der Waals surface area contributed by atoms with Crippen LogP contribution in [-0.2, 0) is 19.3 Å². The smallest absolute Gasteiger partial charge is 0.167 e. The molecule has 1 fully saturated rings. The molecule has 0 N–H and O–H groups in total. The van der Waals surface area contributed by atoms with E-state index < -0.39 is 17.5 Å². The normalized spacial score (nSPS) is 21.0. The lowest BCUT2D eigenvalue weighted by atomic mass is 9.78. The summed E-state index contributed by atoms with van der Waals surface area (Å²) in [6.45, 7) is 4.07. The van der Waals surface area contributed by atoms with Gasteiger partial charge in [-0.25, -0.2) is 13.2 Å². The van der Waals surface area contributed by atoms with E-state index in [4.69, 9.17) is 0 Å². The van der Waals surface area contributed by atoms with E-state index in [2.05, 4.69) is 13.0 Å². The van der Waals surface area contributed by atoms with Crippen molar-refractivity contribution in [2.24, 2.45) is 11.8 Å². The second-order valence-corrected chi connectivity index (χ2v) is 9.43. The molecule has 0 aliphatic heterocycles. The quantitative estimate of drug-likeness (QED) is 0.407. The summed E-state index contributed by atoms with van der Waals surface area (Å²) in [7, 11) is 0. The van der Waals surface area contributed by atoms with Crippen molar-refractivity contribution >= 4 is 0 Å². The van der Waals surface area contributed by atoms with Crippen LogP contribution in [-0.4, -0.2) is 0 Å². The summed E-state index contributed by atoms with van der Waals surface area (Å²) in [5.41, 5.74) is 3.87. The molecule has 0 heterocycles. The second-order valence-electron chi connectivity index (χ2n) is 9.43. The Morgan fingerprint density at radius 3 is 2.29 bits per heavy atom. The maximum absolute atomic E-state index is 14.9. The molecule has 31 heavy (non-hydrogen) atoms. The number of rotatable bonds is 6. The summed E-state index contributed by atoms with van der Waals surface area (Å²) < 4.78 is 43.7. The third-order valence-electron chi connectivity index (χ3n) is 7.57. The Balaban J connectivity index is 1.46. The highest BCUT2D eigenvalue weighted by Crippen LogP contribution is 2.36. The van der Waals surface area contributed by atoms with Gasteiger partial charge in [-0.3, -0.25) is 0 Å². The van der Waals surface area contributed by atoms with Crippen molar-refractivity contribution in [3.63, 3.8) is 0 Å². The van der Waals surface area contributed by atoms with Crippen molar-refractivity contribution in [2.75, 3.05) is 0 Å². The van der Waals surface area contributed by atoms with Crippen molar-refractivity contribution in [3.05, 3.63) is 70.1 Å². The predicted octanol–water partition coefficient (Wildman–Crippen LogP) is 8.35. The van der Waals surface area contributed by atoms with Crippen LogP contribution in [0.25, 0.3) is 11.1 Å². The third kappa shape index (κ3) is 4.76. The average Bonchev–Trinajstić information content (AvgIpc) is 2.79. The fourth-order valence-corrected chi connectivity index (χ4v) is 5.37. The molecule has 166 valence electrons. The van der Waals surface area contributed by atoms with E-state index in [9.17, 15) is 13.2 Å². The first-order chi connectivity index (χ1) is 15.0. The van der Waals surface area contributed by atoms with Crippen molar-refractivity contribution in [1.82, 2.24) is 0 Å². The number of benzene rings is 2. The van der Waals surface area contributed by atoms with Gasteiger partial charge in [0.25, 0.3) is 0 Å². The summed E-state index contributed by atoms with van der Waals surface area (Å²) in [6, 6.07) is 6.31. The van der Waals surface area contributed by atoms with Gasteiger partial charge in [0.1, 0.15) is 5.82 Å². The van der Waals surface area contributed by atoms with Crippen LogP contribution in [0.2, 0.25) is 0 Å². The lowest BCUT2D eigenvalue weighted by Gasteiger charge is -2.28. The van der Waals surface area contributed by atoms with Gasteiger partial charge in [0.05, 0.1) is 0 Å². The van der Waals surface area contributed by atoms with Gasteiger partial charge in [0.2, 0.25) is 0 Å². The van der Waals surface area contributed by atoms with E-state index >= 15 is 0 Å². The topological polar surface area (TPSA) is 0 Å². The van der Waals surface area contributed by atoms with Crippen LogP contribution in [0.3, 0.4) is 0 Å². The van der Waals surface area contributed by atoms with E-state index in [1.165, 1.54) is 56.2 Å². The molecular formula is C28H33F3. The summed E-state index contributed by atoms with van der Waals surface area (Å²) in [6.07, 6.45) is 13.2. The zero-order valence-corrected chi connectivity index (χ0v) is 18.7. The lowest BCUT2D eigenvalue weighted by molar-refractivity contribution is 0.258. The molecule has 2 aromatic carbocycles. The molecule has 0 nitrogen and oxygen atoms in total.